The Morgan fingerprint density at radius 3 is 2.54 bits per heavy atom. The lowest BCUT2D eigenvalue weighted by atomic mass is 10.2. The van der Waals surface area contributed by atoms with Gasteiger partial charge in [-0.3, -0.25) is 9.78 Å². The molecule has 0 atom stereocenters. The number of hydrogen-bond donors (Lipinski definition) is 1. The average molecular weight is 370 g/mol. The summed E-state index contributed by atoms with van der Waals surface area (Å²) in [5, 5.41) is 2.97. The molecule has 0 aliphatic heterocycles. The van der Waals surface area contributed by atoms with Crippen molar-refractivity contribution in [3.8, 4) is 5.75 Å². The summed E-state index contributed by atoms with van der Waals surface area (Å²) in [4.78, 5) is 16.1. The first-order valence-electron chi connectivity index (χ1n) is 6.79. The molecule has 2 rings (SSSR count). The Labute approximate surface area is 145 Å². The van der Waals surface area contributed by atoms with Crippen LogP contribution in [0.3, 0.4) is 0 Å². The third kappa shape index (κ3) is 3.84. The lowest BCUT2D eigenvalue weighted by Crippen LogP contribution is -2.23. The molecule has 0 fully saturated rings. The fourth-order valence-corrected chi connectivity index (χ4v) is 3.11. The lowest BCUT2D eigenvalue weighted by molar-refractivity contribution is 0.102. The van der Waals surface area contributed by atoms with Gasteiger partial charge in [-0.1, -0.05) is 11.6 Å². The Hall–Kier alpha value is -2.16. The van der Waals surface area contributed by atoms with Crippen LogP contribution in [0.2, 0.25) is 5.02 Å². The lowest BCUT2D eigenvalue weighted by Gasteiger charge is -2.15. The number of aromatic nitrogens is 1. The normalized spacial score (nSPS) is 11.4. The Morgan fingerprint density at radius 2 is 1.96 bits per heavy atom. The van der Waals surface area contributed by atoms with E-state index in [2.05, 4.69) is 10.3 Å². The number of halogens is 1. The molecular formula is C15H16ClN3O4S. The number of pyridine rings is 1. The average Bonchev–Trinajstić information content (AvgIpc) is 2.54. The summed E-state index contributed by atoms with van der Waals surface area (Å²) in [6, 6.07) is 7.30. The minimum atomic E-state index is -3.73. The molecule has 0 bridgehead atoms. The van der Waals surface area contributed by atoms with Crippen LogP contribution in [0, 0.1) is 0 Å². The molecule has 1 amide bonds. The quantitative estimate of drug-likeness (QED) is 0.873. The summed E-state index contributed by atoms with van der Waals surface area (Å²) in [5.41, 5.74) is 0.415. The monoisotopic (exact) mass is 369 g/mol. The van der Waals surface area contributed by atoms with Crippen LogP contribution in [0.15, 0.2) is 41.4 Å². The summed E-state index contributed by atoms with van der Waals surface area (Å²) >= 11 is 5.83. The van der Waals surface area contributed by atoms with Gasteiger partial charge >= 0.3 is 0 Å². The number of sulfonamides is 1. The maximum atomic E-state index is 12.4. The van der Waals surface area contributed by atoms with Gasteiger partial charge in [-0.15, -0.1) is 0 Å². The first-order chi connectivity index (χ1) is 11.3. The van der Waals surface area contributed by atoms with Crippen molar-refractivity contribution in [2.24, 2.45) is 0 Å². The van der Waals surface area contributed by atoms with E-state index in [1.807, 2.05) is 0 Å². The van der Waals surface area contributed by atoms with Gasteiger partial charge in [0.25, 0.3) is 5.91 Å². The summed E-state index contributed by atoms with van der Waals surface area (Å²) in [6.45, 7) is 0. The number of ether oxygens (including phenoxy) is 1. The number of amides is 1. The van der Waals surface area contributed by atoms with E-state index in [0.717, 1.165) is 4.31 Å². The highest BCUT2D eigenvalue weighted by atomic mass is 35.5. The highest BCUT2D eigenvalue weighted by molar-refractivity contribution is 7.89. The molecule has 1 heterocycles. The van der Waals surface area contributed by atoms with Gasteiger partial charge in [0, 0.05) is 31.0 Å². The molecule has 0 unspecified atom stereocenters. The van der Waals surface area contributed by atoms with E-state index in [1.165, 1.54) is 51.7 Å². The zero-order chi connectivity index (χ0) is 17.9. The van der Waals surface area contributed by atoms with Crippen LogP contribution >= 0.6 is 11.6 Å². The Bertz CT molecular complexity index is 869. The number of hydrogen-bond acceptors (Lipinski definition) is 5. The minimum absolute atomic E-state index is 0.0492. The number of carbonyl (C=O) groups is 1. The summed E-state index contributed by atoms with van der Waals surface area (Å²) in [7, 11) is 0.469. The van der Waals surface area contributed by atoms with E-state index in [0.29, 0.717) is 10.7 Å². The second-order valence-corrected chi connectivity index (χ2v) is 7.52. The van der Waals surface area contributed by atoms with Crippen molar-refractivity contribution in [3.05, 3.63) is 47.2 Å². The number of carbonyl (C=O) groups excluding carboxylic acids is 1. The molecule has 1 aromatic heterocycles. The van der Waals surface area contributed by atoms with Crippen molar-refractivity contribution >= 4 is 33.2 Å². The zero-order valence-electron chi connectivity index (χ0n) is 13.3. The van der Waals surface area contributed by atoms with Crippen molar-refractivity contribution in [1.29, 1.82) is 0 Å². The fourth-order valence-electron chi connectivity index (χ4n) is 1.88. The van der Waals surface area contributed by atoms with Gasteiger partial charge in [0.15, 0.2) is 0 Å². The molecule has 0 spiro atoms. The maximum Gasteiger partial charge on any atom is 0.274 e. The summed E-state index contributed by atoms with van der Waals surface area (Å²) in [6.07, 6.45) is 1.41. The first kappa shape index (κ1) is 18.2. The maximum absolute atomic E-state index is 12.4. The highest BCUT2D eigenvalue weighted by Crippen LogP contribution is 2.29. The van der Waals surface area contributed by atoms with Crippen LogP contribution in [0.1, 0.15) is 10.5 Å². The van der Waals surface area contributed by atoms with Crippen LogP contribution in [-0.2, 0) is 10.0 Å². The van der Waals surface area contributed by atoms with Gasteiger partial charge in [-0.25, -0.2) is 12.7 Å². The zero-order valence-corrected chi connectivity index (χ0v) is 14.9. The second kappa shape index (κ2) is 7.16. The number of benzene rings is 1. The van der Waals surface area contributed by atoms with Crippen molar-refractivity contribution < 1.29 is 17.9 Å². The molecule has 0 saturated heterocycles. The summed E-state index contributed by atoms with van der Waals surface area (Å²) in [5.74, 6) is -0.321. The predicted molar refractivity (Wildman–Crippen MR) is 91.1 cm³/mol. The van der Waals surface area contributed by atoms with Gasteiger partial charge in [0.05, 0.1) is 7.11 Å². The smallest absolute Gasteiger partial charge is 0.274 e. The third-order valence-corrected chi connectivity index (χ3v) is 5.21. The predicted octanol–water partition coefficient (Wildman–Crippen LogP) is 2.25. The molecular weight excluding hydrogens is 354 g/mol. The Morgan fingerprint density at radius 1 is 1.25 bits per heavy atom. The molecule has 7 nitrogen and oxygen atoms in total. The van der Waals surface area contributed by atoms with E-state index in [4.69, 9.17) is 16.3 Å². The van der Waals surface area contributed by atoms with Crippen molar-refractivity contribution in [2.75, 3.05) is 26.5 Å². The standard InChI is InChI=1S/C15H16ClN3O4S/c1-19(2)24(21,22)14-9-11(4-5-13(14)23-3)18-15(20)12-8-10(16)6-7-17-12/h4-9H,1-3H3,(H,18,20). The third-order valence-electron chi connectivity index (χ3n) is 3.13. The topological polar surface area (TPSA) is 88.6 Å². The molecule has 24 heavy (non-hydrogen) atoms. The largest absolute Gasteiger partial charge is 0.495 e. The van der Waals surface area contributed by atoms with Gasteiger partial charge in [0.1, 0.15) is 16.3 Å². The summed E-state index contributed by atoms with van der Waals surface area (Å²) < 4.78 is 30.9. The van der Waals surface area contributed by atoms with Gasteiger partial charge < -0.3 is 10.1 Å². The first-order valence-corrected chi connectivity index (χ1v) is 8.61. The fraction of sp³-hybridized carbons (Fsp3) is 0.200. The molecule has 0 aliphatic carbocycles. The molecule has 128 valence electrons. The van der Waals surface area contributed by atoms with Crippen LogP contribution in [-0.4, -0.2) is 44.8 Å². The molecule has 9 heteroatoms. The number of anilines is 1. The Kier molecular flexibility index (Phi) is 5.43. The molecule has 0 saturated carbocycles. The van der Waals surface area contributed by atoms with Gasteiger partial charge in [-0.05, 0) is 30.3 Å². The van der Waals surface area contributed by atoms with Gasteiger partial charge in [-0.2, -0.15) is 0 Å². The van der Waals surface area contributed by atoms with Crippen molar-refractivity contribution in [2.45, 2.75) is 4.90 Å². The SMILES string of the molecule is COc1ccc(NC(=O)c2cc(Cl)ccn2)cc1S(=O)(=O)N(C)C. The van der Waals surface area contributed by atoms with Crippen molar-refractivity contribution in [3.63, 3.8) is 0 Å². The second-order valence-electron chi connectivity index (χ2n) is 4.97. The number of methoxy groups -OCH3 is 1. The molecule has 1 N–H and O–H groups in total. The van der Waals surface area contributed by atoms with Gasteiger partial charge in [0.2, 0.25) is 10.0 Å². The van der Waals surface area contributed by atoms with E-state index in [1.54, 1.807) is 6.07 Å². The van der Waals surface area contributed by atoms with Crippen LogP contribution < -0.4 is 10.1 Å². The van der Waals surface area contributed by atoms with Crippen LogP contribution in [0.25, 0.3) is 0 Å². The molecule has 1 aromatic carbocycles. The molecule has 0 aliphatic rings. The highest BCUT2D eigenvalue weighted by Gasteiger charge is 2.23. The number of nitrogens with one attached hydrogen (secondary N) is 1. The van der Waals surface area contributed by atoms with E-state index >= 15 is 0 Å². The number of rotatable bonds is 5. The van der Waals surface area contributed by atoms with E-state index in [9.17, 15) is 13.2 Å². The van der Waals surface area contributed by atoms with E-state index in [-0.39, 0.29) is 16.3 Å². The van der Waals surface area contributed by atoms with E-state index < -0.39 is 15.9 Å². The molecule has 0 radical (unpaired) electrons. The minimum Gasteiger partial charge on any atom is -0.495 e. The van der Waals surface area contributed by atoms with Crippen molar-refractivity contribution in [1.82, 2.24) is 9.29 Å². The number of nitrogens with zero attached hydrogens (tertiary/aromatic N) is 2. The Balaban J connectivity index is 2.37. The van der Waals surface area contributed by atoms with Crippen LogP contribution in [0.4, 0.5) is 5.69 Å². The molecule has 2 aromatic rings. The van der Waals surface area contributed by atoms with Crippen LogP contribution in [0.5, 0.6) is 5.75 Å².